The first-order chi connectivity index (χ1) is 21.4. The third-order valence-corrected chi connectivity index (χ3v) is 9.41. The molecule has 0 saturated heterocycles. The molecule has 10 nitrogen and oxygen atoms in total. The maximum absolute atomic E-state index is 14.4. The number of carbonyl (C=O) groups is 3. The molecule has 1 saturated carbocycles. The van der Waals surface area contributed by atoms with Crippen LogP contribution in [0.2, 0.25) is 10.0 Å². The van der Waals surface area contributed by atoms with Crippen molar-refractivity contribution in [3.05, 3.63) is 99.0 Å². The zero-order valence-corrected chi connectivity index (χ0v) is 26.7. The van der Waals surface area contributed by atoms with Gasteiger partial charge in [0.05, 0.1) is 18.2 Å². The van der Waals surface area contributed by atoms with Crippen molar-refractivity contribution in [2.24, 2.45) is 0 Å². The van der Waals surface area contributed by atoms with Gasteiger partial charge < -0.3 is 20.1 Å². The van der Waals surface area contributed by atoms with Gasteiger partial charge in [-0.05, 0) is 59.9 Å². The third-order valence-electron chi connectivity index (χ3n) is 8.12. The van der Waals surface area contributed by atoms with E-state index in [-0.39, 0.29) is 23.4 Å². The largest absolute Gasteiger partial charge is 0.482 e. The summed E-state index contributed by atoms with van der Waals surface area (Å²) in [6.45, 7) is -0.406. The molecule has 2 aliphatic rings. The summed E-state index contributed by atoms with van der Waals surface area (Å²) < 4.78 is 32.8. The molecular formula is C32H33Cl2N3O7S. The minimum atomic E-state index is -3.60. The van der Waals surface area contributed by atoms with Crippen molar-refractivity contribution in [3.8, 4) is 5.75 Å². The number of nitrogens with one attached hydrogen (secondary N) is 2. The summed E-state index contributed by atoms with van der Waals surface area (Å²) in [5, 5.41) is 12.6. The Kier molecular flexibility index (Phi) is 10.0. The highest BCUT2D eigenvalue weighted by atomic mass is 35.5. The number of carboxylic acid groups (broad SMARTS) is 1. The van der Waals surface area contributed by atoms with E-state index in [1.165, 1.54) is 0 Å². The Morgan fingerprint density at radius 3 is 2.49 bits per heavy atom. The zero-order chi connectivity index (χ0) is 32.3. The van der Waals surface area contributed by atoms with Gasteiger partial charge in [0.25, 0.3) is 5.91 Å². The van der Waals surface area contributed by atoms with E-state index < -0.39 is 46.6 Å². The number of hydrogen-bond donors (Lipinski definition) is 3. The van der Waals surface area contributed by atoms with Crippen LogP contribution in [0.15, 0.2) is 66.7 Å². The number of benzene rings is 3. The smallest absolute Gasteiger partial charge is 0.341 e. The lowest BCUT2D eigenvalue weighted by molar-refractivity contribution is -0.139. The van der Waals surface area contributed by atoms with Crippen molar-refractivity contribution in [3.63, 3.8) is 0 Å². The van der Waals surface area contributed by atoms with Gasteiger partial charge in [0.2, 0.25) is 15.9 Å². The van der Waals surface area contributed by atoms with Crippen LogP contribution in [0.5, 0.6) is 5.75 Å². The minimum Gasteiger partial charge on any atom is -0.482 e. The summed E-state index contributed by atoms with van der Waals surface area (Å²) in [6.07, 6.45) is 3.71. The van der Waals surface area contributed by atoms with E-state index in [1.54, 1.807) is 71.6 Å². The number of hydrogen-bond acceptors (Lipinski definition) is 6. The van der Waals surface area contributed by atoms with Gasteiger partial charge in [0.1, 0.15) is 5.75 Å². The van der Waals surface area contributed by atoms with Gasteiger partial charge in [-0.25, -0.2) is 17.9 Å². The number of sulfonamides is 1. The lowest BCUT2D eigenvalue weighted by atomic mass is 9.76. The van der Waals surface area contributed by atoms with E-state index in [9.17, 15) is 22.8 Å². The van der Waals surface area contributed by atoms with Gasteiger partial charge in [-0.3, -0.25) is 9.59 Å². The summed E-state index contributed by atoms with van der Waals surface area (Å²) in [7, 11) is -3.60. The SMILES string of the molecule is CS(=O)(=O)N[C@H]1CCCC[C@@H]1N1C(=O)c2ccccc2[C@@H](C(=O)NCc2cccc(OCC(=O)O)c2)[C@@H]1c1ccc(Cl)cc1Cl. The van der Waals surface area contributed by atoms with Crippen molar-refractivity contribution in [1.29, 1.82) is 0 Å². The van der Waals surface area contributed by atoms with Crippen LogP contribution in [0.4, 0.5) is 0 Å². The average molecular weight is 675 g/mol. The lowest BCUT2D eigenvalue weighted by Crippen LogP contribution is -2.59. The summed E-state index contributed by atoms with van der Waals surface area (Å²) in [4.78, 5) is 41.3. The quantitative estimate of drug-likeness (QED) is 0.277. The number of carbonyl (C=O) groups excluding carboxylic acids is 2. The third kappa shape index (κ3) is 7.61. The summed E-state index contributed by atoms with van der Waals surface area (Å²) in [6, 6.07) is 16.6. The molecule has 3 aromatic carbocycles. The van der Waals surface area contributed by atoms with Crippen LogP contribution in [-0.4, -0.2) is 61.2 Å². The summed E-state index contributed by atoms with van der Waals surface area (Å²) >= 11 is 13.0. The highest BCUT2D eigenvalue weighted by Gasteiger charge is 2.49. The predicted molar refractivity (Wildman–Crippen MR) is 170 cm³/mol. The van der Waals surface area contributed by atoms with Gasteiger partial charge in [-0.2, -0.15) is 0 Å². The van der Waals surface area contributed by atoms with Crippen LogP contribution < -0.4 is 14.8 Å². The molecule has 2 amide bonds. The van der Waals surface area contributed by atoms with E-state index in [1.807, 2.05) is 0 Å². The van der Waals surface area contributed by atoms with Crippen molar-refractivity contribution in [1.82, 2.24) is 14.9 Å². The average Bonchev–Trinajstić information content (AvgIpc) is 2.99. The molecule has 3 aromatic rings. The normalized spacial score (nSPS) is 21.6. The highest BCUT2D eigenvalue weighted by molar-refractivity contribution is 7.88. The Labute approximate surface area is 271 Å². The molecular weight excluding hydrogens is 641 g/mol. The first kappa shape index (κ1) is 32.7. The number of fused-ring (bicyclic) bond motifs is 1. The molecule has 13 heteroatoms. The van der Waals surface area contributed by atoms with Gasteiger partial charge in [0, 0.05) is 34.2 Å². The Balaban J connectivity index is 1.57. The molecule has 1 aliphatic carbocycles. The van der Waals surface area contributed by atoms with Crippen LogP contribution >= 0.6 is 23.2 Å². The van der Waals surface area contributed by atoms with E-state index in [2.05, 4.69) is 10.0 Å². The fraction of sp³-hybridized carbons (Fsp3) is 0.344. The maximum atomic E-state index is 14.4. The topological polar surface area (TPSA) is 142 Å². The molecule has 238 valence electrons. The lowest BCUT2D eigenvalue weighted by Gasteiger charge is -2.49. The molecule has 0 bridgehead atoms. The number of carboxylic acids is 1. The van der Waals surface area contributed by atoms with E-state index in [0.717, 1.165) is 19.1 Å². The van der Waals surface area contributed by atoms with Crippen molar-refractivity contribution < 1.29 is 32.6 Å². The van der Waals surface area contributed by atoms with Crippen molar-refractivity contribution >= 4 is 51.0 Å². The molecule has 1 aliphatic heterocycles. The summed E-state index contributed by atoms with van der Waals surface area (Å²) in [5.74, 6) is -2.37. The first-order valence-corrected chi connectivity index (χ1v) is 17.1. The van der Waals surface area contributed by atoms with E-state index >= 15 is 0 Å². The van der Waals surface area contributed by atoms with Crippen LogP contribution in [0.3, 0.4) is 0 Å². The standard InChI is InChI=1S/C32H33Cl2N3O7S/c1-45(42,43)36-26-11-4-5-12-27(26)37-30(24-14-13-20(33)16-25(24)34)29(22-9-2-3-10-23(22)32(37)41)31(40)35-17-19-7-6-8-21(15-19)44-18-28(38)39/h2-3,6-10,13-16,26-27,29-30,36H,4-5,11-12,17-18H2,1H3,(H,35,40)(H,38,39)/t26-,27-,29+,30-/m0/s1. The first-order valence-electron chi connectivity index (χ1n) is 14.5. The molecule has 3 N–H and O–H groups in total. The molecule has 1 fully saturated rings. The molecule has 1 heterocycles. The molecule has 0 unspecified atom stereocenters. The van der Waals surface area contributed by atoms with E-state index in [0.29, 0.717) is 45.9 Å². The van der Waals surface area contributed by atoms with Crippen LogP contribution in [0.25, 0.3) is 0 Å². The van der Waals surface area contributed by atoms with Gasteiger partial charge in [0.15, 0.2) is 6.61 Å². The fourth-order valence-electron chi connectivity index (χ4n) is 6.32. The second-order valence-electron chi connectivity index (χ2n) is 11.3. The number of aliphatic carboxylic acids is 1. The minimum absolute atomic E-state index is 0.0957. The van der Waals surface area contributed by atoms with Crippen molar-refractivity contribution in [2.75, 3.05) is 12.9 Å². The number of rotatable bonds is 10. The number of nitrogens with zero attached hydrogens (tertiary/aromatic N) is 1. The Morgan fingerprint density at radius 2 is 1.76 bits per heavy atom. The molecule has 5 rings (SSSR count). The fourth-order valence-corrected chi connectivity index (χ4v) is 7.66. The molecule has 0 spiro atoms. The monoisotopic (exact) mass is 673 g/mol. The second kappa shape index (κ2) is 13.8. The van der Waals surface area contributed by atoms with Gasteiger partial charge in [-0.15, -0.1) is 0 Å². The second-order valence-corrected chi connectivity index (χ2v) is 13.9. The highest BCUT2D eigenvalue weighted by Crippen LogP contribution is 2.48. The van der Waals surface area contributed by atoms with Gasteiger partial charge >= 0.3 is 5.97 Å². The Hall–Kier alpha value is -3.64. The van der Waals surface area contributed by atoms with Crippen LogP contribution in [-0.2, 0) is 26.2 Å². The zero-order valence-electron chi connectivity index (χ0n) is 24.4. The van der Waals surface area contributed by atoms with E-state index in [4.69, 9.17) is 33.0 Å². The maximum Gasteiger partial charge on any atom is 0.341 e. The molecule has 0 aromatic heterocycles. The summed E-state index contributed by atoms with van der Waals surface area (Å²) in [5.41, 5.74) is 2.06. The predicted octanol–water partition coefficient (Wildman–Crippen LogP) is 4.91. The number of amides is 2. The Bertz CT molecular complexity index is 1720. The van der Waals surface area contributed by atoms with Crippen molar-refractivity contribution in [2.45, 2.75) is 56.3 Å². The molecule has 0 radical (unpaired) electrons. The van der Waals surface area contributed by atoms with Crippen LogP contribution in [0, 0.1) is 0 Å². The van der Waals surface area contributed by atoms with Crippen LogP contribution in [0.1, 0.15) is 64.7 Å². The van der Waals surface area contributed by atoms with Gasteiger partial charge in [-0.1, -0.05) is 72.4 Å². The number of halogens is 2. The Morgan fingerprint density at radius 1 is 1.00 bits per heavy atom. The molecule has 4 atom stereocenters. The molecule has 45 heavy (non-hydrogen) atoms. The number of ether oxygens (including phenoxy) is 1.